The molecule has 3 saturated heterocycles. The molecule has 3 aromatic rings. The summed E-state index contributed by atoms with van der Waals surface area (Å²) in [5.74, 6) is -8.10. The molecule has 0 saturated carbocycles. The van der Waals surface area contributed by atoms with Crippen molar-refractivity contribution in [2.24, 2.45) is 0 Å². The molecule has 2 atom stereocenters. The zero-order chi connectivity index (χ0) is 66.4. The van der Waals surface area contributed by atoms with Crippen molar-refractivity contribution < 1.29 is 72.0 Å². The zero-order valence-corrected chi connectivity index (χ0v) is 52.8. The zero-order valence-electron chi connectivity index (χ0n) is 52.8. The second-order valence-electron chi connectivity index (χ2n) is 23.9. The molecule has 92 heavy (non-hydrogen) atoms. The van der Waals surface area contributed by atoms with E-state index < -0.39 is 73.1 Å². The van der Waals surface area contributed by atoms with E-state index in [-0.39, 0.29) is 108 Å². The summed E-state index contributed by atoms with van der Waals surface area (Å²) in [4.78, 5) is 131. The minimum Gasteiger partial charge on any atom is -0.494 e. The molecule has 504 valence electrons. The Kier molecular flexibility index (Phi) is 30.3. The topological polar surface area (TPSA) is 331 Å². The van der Waals surface area contributed by atoms with Gasteiger partial charge in [-0.25, -0.2) is 8.78 Å². The maximum atomic E-state index is 13.9. The number of fused-ring (bicyclic) bond motifs is 1. The number of halogens is 2. The largest absolute Gasteiger partial charge is 0.494 e. The third-order valence-electron chi connectivity index (χ3n) is 16.6. The Morgan fingerprint density at radius 1 is 0.652 bits per heavy atom. The van der Waals surface area contributed by atoms with Gasteiger partial charge in [-0.3, -0.25) is 72.6 Å². The van der Waals surface area contributed by atoms with E-state index in [0.29, 0.717) is 101 Å². The number of likely N-dealkylation sites (tertiary alicyclic amines) is 1. The number of carbonyl (C=O) groups is 9. The van der Waals surface area contributed by atoms with E-state index in [1.54, 1.807) is 43.9 Å². The third-order valence-corrected chi connectivity index (χ3v) is 16.6. The van der Waals surface area contributed by atoms with Gasteiger partial charge in [0.25, 0.3) is 11.8 Å². The van der Waals surface area contributed by atoms with Crippen LogP contribution in [0.25, 0.3) is 10.9 Å². The van der Waals surface area contributed by atoms with Crippen LogP contribution in [0, 0.1) is 18.3 Å². The molecule has 3 aliphatic heterocycles. The molecular formula is C64H91F2N13O13. The Balaban J connectivity index is 0.908. The van der Waals surface area contributed by atoms with Gasteiger partial charge in [-0.1, -0.05) is 36.2 Å². The number of benzene rings is 2. The van der Waals surface area contributed by atoms with E-state index in [9.17, 15) is 72.5 Å². The summed E-state index contributed by atoms with van der Waals surface area (Å²) in [6, 6.07) is 14.4. The molecule has 3 fully saturated rings. The molecule has 0 spiro atoms. The molecule has 26 nitrogen and oxygen atoms in total. The van der Waals surface area contributed by atoms with Gasteiger partial charge >= 0.3 is 17.9 Å². The number of unbranched alkanes of at least 4 members (excludes halogenated alkanes) is 4. The number of nitriles is 1. The number of alkyl halides is 2. The molecule has 3 aliphatic rings. The number of pyridine rings is 1. The molecule has 4 heterocycles. The number of carbonyl (C=O) groups excluding carboxylic acids is 6. The predicted molar refractivity (Wildman–Crippen MR) is 336 cm³/mol. The number of nitrogens with one attached hydrogen (secondary N) is 4. The van der Waals surface area contributed by atoms with Crippen molar-refractivity contribution in [2.75, 3.05) is 144 Å². The quantitative estimate of drug-likeness (QED) is 0.0422. The summed E-state index contributed by atoms with van der Waals surface area (Å²) in [5, 5.41) is 49.9. The van der Waals surface area contributed by atoms with Gasteiger partial charge < -0.3 is 51.1 Å². The number of aliphatic carboxylic acids is 3. The van der Waals surface area contributed by atoms with Crippen LogP contribution in [-0.4, -0.2) is 270 Å². The highest BCUT2D eigenvalue weighted by atomic mass is 19.3. The third kappa shape index (κ3) is 26.3. The minimum absolute atomic E-state index is 0.0648. The van der Waals surface area contributed by atoms with Crippen LogP contribution < -0.4 is 26.0 Å². The average molecular weight is 1290 g/mol. The van der Waals surface area contributed by atoms with Crippen LogP contribution in [0.1, 0.15) is 98.5 Å². The molecule has 6 rings (SSSR count). The van der Waals surface area contributed by atoms with Gasteiger partial charge in [-0.15, -0.1) is 0 Å². The number of amides is 6. The first-order chi connectivity index (χ1) is 44.1. The number of hydrogen-bond donors (Lipinski definition) is 7. The van der Waals surface area contributed by atoms with E-state index >= 15 is 0 Å². The van der Waals surface area contributed by atoms with Crippen molar-refractivity contribution in [2.45, 2.75) is 108 Å². The van der Waals surface area contributed by atoms with Crippen molar-refractivity contribution in [1.82, 2.24) is 60.6 Å². The summed E-state index contributed by atoms with van der Waals surface area (Å²) in [7, 11) is 0. The van der Waals surface area contributed by atoms with Gasteiger partial charge in [0.2, 0.25) is 29.5 Å². The standard InChI is InChI=1S/C64H91F2N13O13/c1-47-14-16-48(17-15-47)10-9-12-55(80)69-21-6-4-11-54(72-56(81)42-74-25-27-75(43-59(84)85)29-31-77(45-61(88)89)32-30-76(28-26-74)44-60(86)87)63(91)70-22-5-2-3-13-57(82)78-35-33-73(34-36-78)24-7-8-37-92-50-18-19-53-52(38-50)51(20-23-68-53)62(90)71-41-58(83)79-46-64(65,66)39-49(79)40-67/h14-20,23,38,49,54H,2-13,21-22,24-37,39,41-46H2,1H3,(H,69,80)(H,70,91)(H,71,90)(H,72,81)(H,84,85)(H,86,87)(H,88,89)/t49-,54?/m1/s1. The highest BCUT2D eigenvalue weighted by Crippen LogP contribution is 2.32. The maximum absolute atomic E-state index is 13.9. The number of carboxylic acid groups (broad SMARTS) is 3. The van der Waals surface area contributed by atoms with Crippen molar-refractivity contribution >= 4 is 64.3 Å². The van der Waals surface area contributed by atoms with Crippen LogP contribution in [0.5, 0.6) is 5.75 Å². The van der Waals surface area contributed by atoms with Gasteiger partial charge in [0.1, 0.15) is 17.8 Å². The monoisotopic (exact) mass is 1290 g/mol. The molecule has 0 aliphatic carbocycles. The van der Waals surface area contributed by atoms with Crippen molar-refractivity contribution in [3.05, 3.63) is 71.4 Å². The minimum atomic E-state index is -3.17. The molecule has 2 aromatic carbocycles. The van der Waals surface area contributed by atoms with E-state index in [4.69, 9.17) is 4.74 Å². The predicted octanol–water partition coefficient (Wildman–Crippen LogP) is 2.28. The number of piperazine rings is 1. The Bertz CT molecular complexity index is 2950. The van der Waals surface area contributed by atoms with Gasteiger partial charge in [0, 0.05) is 122 Å². The Hall–Kier alpha value is -7.97. The van der Waals surface area contributed by atoms with Crippen LogP contribution in [0.3, 0.4) is 0 Å². The molecule has 7 N–H and O–H groups in total. The highest BCUT2D eigenvalue weighted by Gasteiger charge is 2.47. The first-order valence-corrected chi connectivity index (χ1v) is 31.9. The van der Waals surface area contributed by atoms with Gasteiger partial charge in [-0.05, 0) is 101 Å². The molecule has 6 amide bonds. The summed E-state index contributed by atoms with van der Waals surface area (Å²) < 4.78 is 33.8. The first-order valence-electron chi connectivity index (χ1n) is 31.9. The lowest BCUT2D eigenvalue weighted by atomic mass is 10.1. The second kappa shape index (κ2) is 38.1. The SMILES string of the molecule is Cc1ccc(CCCC(=O)NCCCCC(NC(=O)CN2CCN(CC(=O)O)CCN(CC(=O)O)CCN(CC(=O)O)CC2)C(=O)NCCCCCC(=O)N2CCN(CCCCOc3ccc4nccc(C(=O)NCC(=O)N5CC(F)(F)C[C@@H]5C#N)c4c3)CC2)cc1. The lowest BCUT2D eigenvalue weighted by Gasteiger charge is -2.34. The molecule has 1 aromatic heterocycles. The highest BCUT2D eigenvalue weighted by molar-refractivity contribution is 6.07. The summed E-state index contributed by atoms with van der Waals surface area (Å²) in [5.41, 5.74) is 3.06. The van der Waals surface area contributed by atoms with Crippen molar-refractivity contribution in [3.8, 4) is 11.8 Å². The molecule has 0 radical (unpaired) electrons. The average Bonchev–Trinajstić information content (AvgIpc) is 1.26. The first kappa shape index (κ1) is 73.1. The number of aryl methyl sites for hydroxylation is 2. The van der Waals surface area contributed by atoms with Crippen LogP contribution in [0.2, 0.25) is 0 Å². The van der Waals surface area contributed by atoms with Gasteiger partial charge in [0.05, 0.1) is 63.0 Å². The van der Waals surface area contributed by atoms with Gasteiger partial charge in [0.15, 0.2) is 0 Å². The van der Waals surface area contributed by atoms with Crippen LogP contribution in [0.15, 0.2) is 54.7 Å². The second-order valence-corrected chi connectivity index (χ2v) is 23.9. The fourth-order valence-electron chi connectivity index (χ4n) is 11.4. The van der Waals surface area contributed by atoms with Crippen LogP contribution >= 0.6 is 0 Å². The summed E-state index contributed by atoms with van der Waals surface area (Å²) >= 11 is 0. The van der Waals surface area contributed by atoms with E-state index in [0.717, 1.165) is 49.4 Å². The number of ether oxygens (including phenoxy) is 1. The fraction of sp³-hybridized carbons (Fsp3) is 0.609. The Morgan fingerprint density at radius 3 is 1.87 bits per heavy atom. The molecular weight excluding hydrogens is 1200 g/mol. The molecule has 28 heteroatoms. The van der Waals surface area contributed by atoms with Crippen LogP contribution in [0.4, 0.5) is 8.78 Å². The number of hydrogen-bond acceptors (Lipinski definition) is 17. The molecule has 1 unspecified atom stereocenters. The Morgan fingerprint density at radius 2 is 1.25 bits per heavy atom. The fourth-order valence-corrected chi connectivity index (χ4v) is 11.4. The lowest BCUT2D eigenvalue weighted by Crippen LogP contribution is -2.52. The normalized spacial score (nSPS) is 17.6. The summed E-state index contributed by atoms with van der Waals surface area (Å²) in [6.45, 7) is 5.82. The van der Waals surface area contributed by atoms with E-state index in [2.05, 4.69) is 43.3 Å². The van der Waals surface area contributed by atoms with E-state index in [1.807, 2.05) is 24.0 Å². The van der Waals surface area contributed by atoms with Crippen molar-refractivity contribution in [1.29, 1.82) is 5.26 Å². The lowest BCUT2D eigenvalue weighted by molar-refractivity contribution is -0.140. The smallest absolute Gasteiger partial charge is 0.317 e. The van der Waals surface area contributed by atoms with Crippen LogP contribution in [-0.2, 0) is 44.8 Å². The number of nitrogens with zero attached hydrogens (tertiary/aromatic N) is 9. The Labute approximate surface area is 535 Å². The van der Waals surface area contributed by atoms with Gasteiger partial charge in [-0.2, -0.15) is 5.26 Å². The summed E-state index contributed by atoms with van der Waals surface area (Å²) in [6.07, 6.45) is 7.70. The van der Waals surface area contributed by atoms with E-state index in [1.165, 1.54) is 17.8 Å². The number of rotatable bonds is 34. The number of aromatic nitrogens is 1. The van der Waals surface area contributed by atoms with Crippen molar-refractivity contribution in [3.63, 3.8) is 0 Å². The molecule has 0 bridgehead atoms. The number of carboxylic acids is 3. The maximum Gasteiger partial charge on any atom is 0.317 e.